The van der Waals surface area contributed by atoms with Crippen LogP contribution in [-0.2, 0) is 32.0 Å². The quantitative estimate of drug-likeness (QED) is 0.567. The van der Waals surface area contributed by atoms with Gasteiger partial charge < -0.3 is 19.8 Å². The van der Waals surface area contributed by atoms with Gasteiger partial charge in [0.1, 0.15) is 0 Å². The van der Waals surface area contributed by atoms with Crippen LogP contribution in [0.25, 0.3) is 0 Å². The Labute approximate surface area is 86.5 Å². The first-order valence-corrected chi connectivity index (χ1v) is 3.23. The molecule has 0 aromatic rings. The van der Waals surface area contributed by atoms with Crippen LogP contribution in [0, 0.1) is 5.41 Å². The minimum atomic E-state index is -1.24. The van der Waals surface area contributed by atoms with Crippen LogP contribution in [-0.4, -0.2) is 11.9 Å². The number of carboxylic acids is 2. The van der Waals surface area contributed by atoms with Crippen molar-refractivity contribution in [2.75, 3.05) is 0 Å². The summed E-state index contributed by atoms with van der Waals surface area (Å²) < 4.78 is 0. The predicted octanol–water partition coefficient (Wildman–Crippen LogP) is -1.71. The minimum Gasteiger partial charge on any atom is -0.550 e. The Bertz CT molecular complexity index is 158. The third kappa shape index (κ3) is 7.78. The van der Waals surface area contributed by atoms with E-state index in [1.54, 1.807) is 13.8 Å². The molecule has 0 aromatic carbocycles. The van der Waals surface area contributed by atoms with Crippen molar-refractivity contribution >= 4 is 11.9 Å². The van der Waals surface area contributed by atoms with E-state index in [2.05, 4.69) is 0 Å². The van der Waals surface area contributed by atoms with Gasteiger partial charge >= 0.3 is 22.4 Å². The molecule has 1 radical (unpaired) electrons. The first-order chi connectivity index (χ1) is 4.83. The van der Waals surface area contributed by atoms with Crippen LogP contribution < -0.4 is 10.2 Å². The van der Waals surface area contributed by atoms with Crippen molar-refractivity contribution in [2.24, 2.45) is 5.41 Å². The molecule has 0 heterocycles. The summed E-state index contributed by atoms with van der Waals surface area (Å²) in [6, 6.07) is 0. The van der Waals surface area contributed by atoms with Gasteiger partial charge in [-0.15, -0.1) is 0 Å². The molecule has 4 nitrogen and oxygen atoms in total. The Morgan fingerprint density at radius 3 is 1.50 bits per heavy atom. The maximum absolute atomic E-state index is 10.1. The predicted molar refractivity (Wildman–Crippen MR) is 33.0 cm³/mol. The van der Waals surface area contributed by atoms with E-state index in [9.17, 15) is 19.8 Å². The zero-order chi connectivity index (χ0) is 9.07. The largest absolute Gasteiger partial charge is 2.00 e. The van der Waals surface area contributed by atoms with Crippen LogP contribution in [0.4, 0.5) is 0 Å². The third-order valence-electron chi connectivity index (χ3n) is 1.25. The molecule has 0 aromatic heterocycles. The van der Waals surface area contributed by atoms with Crippen LogP contribution in [0.5, 0.6) is 0 Å². The molecule has 0 bridgehead atoms. The van der Waals surface area contributed by atoms with Gasteiger partial charge in [-0.25, -0.2) is 0 Å². The third-order valence-corrected chi connectivity index (χ3v) is 1.25. The van der Waals surface area contributed by atoms with E-state index in [0.29, 0.717) is 0 Å². The summed E-state index contributed by atoms with van der Waals surface area (Å²) in [7, 11) is 0. The number of aliphatic carboxylic acids is 2. The second kappa shape index (κ2) is 5.35. The summed E-state index contributed by atoms with van der Waals surface area (Å²) in [5.41, 5.74) is -0.780. The van der Waals surface area contributed by atoms with E-state index >= 15 is 0 Å². The van der Waals surface area contributed by atoms with Gasteiger partial charge in [-0.3, -0.25) is 0 Å². The van der Waals surface area contributed by atoms with Gasteiger partial charge in [-0.05, 0) is 18.3 Å². The molecule has 5 heteroatoms. The SMILES string of the molecule is CC(C)(CC(=O)[O-])CC(=O)[O-].[Ag+2]. The Morgan fingerprint density at radius 1 is 1.08 bits per heavy atom. The van der Waals surface area contributed by atoms with Crippen molar-refractivity contribution in [2.45, 2.75) is 26.7 Å². The number of hydrogen-bond donors (Lipinski definition) is 0. The monoisotopic (exact) mass is 265 g/mol. The summed E-state index contributed by atoms with van der Waals surface area (Å²) in [6.07, 6.45) is -0.526. The van der Waals surface area contributed by atoms with E-state index < -0.39 is 17.4 Å². The number of hydrogen-bond acceptors (Lipinski definition) is 4. The second-order valence-corrected chi connectivity index (χ2v) is 3.26. The summed E-state index contributed by atoms with van der Waals surface area (Å²) in [6.45, 7) is 3.08. The molecule has 12 heavy (non-hydrogen) atoms. The van der Waals surface area contributed by atoms with Crippen LogP contribution in [0.2, 0.25) is 0 Å². The molecule has 0 aliphatic heterocycles. The van der Waals surface area contributed by atoms with E-state index in [-0.39, 0.29) is 35.2 Å². The Hall–Kier alpha value is -0.320. The van der Waals surface area contributed by atoms with Crippen molar-refractivity contribution in [1.82, 2.24) is 0 Å². The molecule has 0 amide bonds. The summed E-state index contributed by atoms with van der Waals surface area (Å²) in [5.74, 6) is -2.48. The molecular formula is C7H10AgO4. The van der Waals surface area contributed by atoms with Crippen molar-refractivity contribution < 1.29 is 42.2 Å². The number of carbonyl (C=O) groups excluding carboxylic acids is 2. The molecule has 0 saturated carbocycles. The van der Waals surface area contributed by atoms with Gasteiger partial charge in [0.05, 0.1) is 0 Å². The number of rotatable bonds is 4. The van der Waals surface area contributed by atoms with Crippen molar-refractivity contribution in [3.8, 4) is 0 Å². The standard InChI is InChI=1S/C7H12O4.Ag/c1-7(2,3-5(8)9)4-6(10)11;/h3-4H2,1-2H3,(H,8,9)(H,10,11);/q;+2/p-2. The zero-order valence-corrected chi connectivity index (χ0v) is 8.33. The Morgan fingerprint density at radius 2 is 1.33 bits per heavy atom. The van der Waals surface area contributed by atoms with E-state index in [4.69, 9.17) is 0 Å². The van der Waals surface area contributed by atoms with Gasteiger partial charge in [-0.1, -0.05) is 13.8 Å². The molecule has 0 unspecified atom stereocenters. The van der Waals surface area contributed by atoms with Crippen molar-refractivity contribution in [3.63, 3.8) is 0 Å². The van der Waals surface area contributed by atoms with E-state index in [1.807, 2.05) is 0 Å². The maximum atomic E-state index is 10.1. The second-order valence-electron chi connectivity index (χ2n) is 3.26. The molecule has 73 valence electrons. The fourth-order valence-electron chi connectivity index (χ4n) is 0.844. The summed E-state index contributed by atoms with van der Waals surface area (Å²) in [4.78, 5) is 20.1. The van der Waals surface area contributed by atoms with E-state index in [1.165, 1.54) is 0 Å². The minimum absolute atomic E-state index is 0. The first-order valence-electron chi connectivity index (χ1n) is 3.23. The normalized spacial score (nSPS) is 10.2. The van der Waals surface area contributed by atoms with Crippen molar-refractivity contribution in [1.29, 1.82) is 0 Å². The molecule has 0 aliphatic carbocycles. The van der Waals surface area contributed by atoms with Crippen LogP contribution in [0.3, 0.4) is 0 Å². The maximum Gasteiger partial charge on any atom is 2.00 e. The molecule has 0 fully saturated rings. The van der Waals surface area contributed by atoms with Gasteiger partial charge in [0.25, 0.3) is 0 Å². The Balaban J connectivity index is 0. The fraction of sp³-hybridized carbons (Fsp3) is 0.714. The number of carboxylic acid groups (broad SMARTS) is 2. The van der Waals surface area contributed by atoms with Gasteiger partial charge in [0, 0.05) is 11.9 Å². The molecule has 0 spiro atoms. The van der Waals surface area contributed by atoms with Crippen LogP contribution in [0.1, 0.15) is 26.7 Å². The average Bonchev–Trinajstić information content (AvgIpc) is 1.53. The Kier molecular flexibility index (Phi) is 6.34. The van der Waals surface area contributed by atoms with E-state index in [0.717, 1.165) is 0 Å². The fourth-order valence-corrected chi connectivity index (χ4v) is 0.844. The molecule has 0 rings (SSSR count). The number of carbonyl (C=O) groups is 2. The first kappa shape index (κ1) is 14.2. The van der Waals surface area contributed by atoms with Gasteiger partial charge in [-0.2, -0.15) is 0 Å². The van der Waals surface area contributed by atoms with Gasteiger partial charge in [0.15, 0.2) is 0 Å². The smallest absolute Gasteiger partial charge is 0.550 e. The van der Waals surface area contributed by atoms with Crippen LogP contribution >= 0.6 is 0 Å². The summed E-state index contributed by atoms with van der Waals surface area (Å²) >= 11 is 0. The molecule has 0 saturated heterocycles. The average molecular weight is 266 g/mol. The summed E-state index contributed by atoms with van der Waals surface area (Å²) in [5, 5.41) is 20.1. The molecule has 0 atom stereocenters. The topological polar surface area (TPSA) is 80.3 Å². The molecule has 0 N–H and O–H groups in total. The molecule has 0 aliphatic rings. The van der Waals surface area contributed by atoms with Gasteiger partial charge in [0.2, 0.25) is 0 Å². The van der Waals surface area contributed by atoms with Crippen LogP contribution in [0.15, 0.2) is 0 Å². The zero-order valence-electron chi connectivity index (χ0n) is 6.85. The molecular weight excluding hydrogens is 256 g/mol. The van der Waals surface area contributed by atoms with Crippen molar-refractivity contribution in [3.05, 3.63) is 0 Å².